The van der Waals surface area contributed by atoms with Crippen LogP contribution in [0.25, 0.3) is 10.8 Å². The van der Waals surface area contributed by atoms with Gasteiger partial charge in [0.25, 0.3) is 0 Å². The van der Waals surface area contributed by atoms with E-state index in [2.05, 4.69) is 46.2 Å². The summed E-state index contributed by atoms with van der Waals surface area (Å²) in [7, 11) is 1.73. The van der Waals surface area contributed by atoms with Crippen molar-refractivity contribution in [2.24, 2.45) is 0 Å². The minimum absolute atomic E-state index is 0.361. The molecule has 4 rings (SSSR count). The van der Waals surface area contributed by atoms with Crippen LogP contribution < -0.4 is 4.74 Å². The maximum atomic E-state index is 12.0. The molecule has 0 aliphatic carbocycles. The van der Waals surface area contributed by atoms with Crippen molar-refractivity contribution in [1.82, 2.24) is 9.80 Å². The summed E-state index contributed by atoms with van der Waals surface area (Å²) in [5.41, 5.74) is 1.35. The molecule has 0 N–H and O–H groups in total. The summed E-state index contributed by atoms with van der Waals surface area (Å²) in [6.45, 7) is 4.06. The second-order valence-corrected chi connectivity index (χ2v) is 7.17. The summed E-state index contributed by atoms with van der Waals surface area (Å²) in [6, 6.07) is 13.2. The van der Waals surface area contributed by atoms with E-state index in [-0.39, 0.29) is 0 Å². The van der Waals surface area contributed by atoms with Gasteiger partial charge in [0, 0.05) is 44.0 Å². The van der Waals surface area contributed by atoms with E-state index >= 15 is 0 Å². The summed E-state index contributed by atoms with van der Waals surface area (Å²) in [4.78, 5) is 16.6. The van der Waals surface area contributed by atoms with Gasteiger partial charge in [0.2, 0.25) is 5.91 Å². The average molecular weight is 338 g/mol. The largest absolute Gasteiger partial charge is 0.496 e. The number of carbonyl (C=O) groups excluding carboxylic acids is 1. The van der Waals surface area contributed by atoms with Gasteiger partial charge in [-0.3, -0.25) is 9.69 Å². The molecule has 4 nitrogen and oxygen atoms in total. The molecule has 1 amide bonds. The molecule has 0 aromatic heterocycles. The number of likely N-dealkylation sites (tertiary alicyclic amines) is 2. The number of ether oxygens (including phenoxy) is 1. The predicted molar refractivity (Wildman–Crippen MR) is 99.7 cm³/mol. The lowest BCUT2D eigenvalue weighted by Crippen LogP contribution is -2.45. The summed E-state index contributed by atoms with van der Waals surface area (Å²) in [5, 5.41) is 2.46. The van der Waals surface area contributed by atoms with E-state index in [0.29, 0.717) is 11.9 Å². The van der Waals surface area contributed by atoms with Crippen LogP contribution in [-0.2, 0) is 11.3 Å². The third-order valence-electron chi connectivity index (χ3n) is 5.70. The molecular formula is C21H26N2O2. The number of carbonyl (C=O) groups is 1. The number of rotatable bonds is 4. The smallest absolute Gasteiger partial charge is 0.222 e. The first-order valence-electron chi connectivity index (χ1n) is 9.32. The van der Waals surface area contributed by atoms with Crippen LogP contribution in [0.5, 0.6) is 5.75 Å². The van der Waals surface area contributed by atoms with Crippen molar-refractivity contribution in [2.45, 2.75) is 38.3 Å². The van der Waals surface area contributed by atoms with Crippen molar-refractivity contribution in [3.8, 4) is 5.75 Å². The van der Waals surface area contributed by atoms with Gasteiger partial charge >= 0.3 is 0 Å². The molecule has 0 radical (unpaired) electrons. The number of hydrogen-bond donors (Lipinski definition) is 0. The van der Waals surface area contributed by atoms with E-state index in [4.69, 9.17) is 4.74 Å². The number of amides is 1. The van der Waals surface area contributed by atoms with Gasteiger partial charge in [0.1, 0.15) is 5.75 Å². The first kappa shape index (κ1) is 16.4. The topological polar surface area (TPSA) is 32.8 Å². The number of nitrogens with zero attached hydrogens (tertiary/aromatic N) is 2. The van der Waals surface area contributed by atoms with Crippen LogP contribution in [0.4, 0.5) is 0 Å². The van der Waals surface area contributed by atoms with E-state index in [9.17, 15) is 4.79 Å². The maximum Gasteiger partial charge on any atom is 0.222 e. The Morgan fingerprint density at radius 3 is 2.48 bits per heavy atom. The first-order valence-corrected chi connectivity index (χ1v) is 9.32. The molecule has 0 bridgehead atoms. The third-order valence-corrected chi connectivity index (χ3v) is 5.70. The van der Waals surface area contributed by atoms with Gasteiger partial charge in [-0.15, -0.1) is 0 Å². The Morgan fingerprint density at radius 2 is 1.80 bits per heavy atom. The van der Waals surface area contributed by atoms with Crippen LogP contribution in [-0.4, -0.2) is 48.5 Å². The zero-order valence-electron chi connectivity index (χ0n) is 14.9. The van der Waals surface area contributed by atoms with E-state index in [1.165, 1.54) is 16.3 Å². The van der Waals surface area contributed by atoms with Gasteiger partial charge in [-0.2, -0.15) is 0 Å². The molecule has 2 aliphatic heterocycles. The Balaban J connectivity index is 1.45. The first-order chi connectivity index (χ1) is 12.3. The Hall–Kier alpha value is -2.07. The van der Waals surface area contributed by atoms with E-state index in [0.717, 1.165) is 57.6 Å². The highest BCUT2D eigenvalue weighted by Gasteiger charge is 2.30. The molecule has 2 fully saturated rings. The molecule has 2 heterocycles. The lowest BCUT2D eigenvalue weighted by Gasteiger charge is -2.36. The molecule has 132 valence electrons. The number of hydrogen-bond acceptors (Lipinski definition) is 3. The number of piperidine rings is 1. The molecule has 0 unspecified atom stereocenters. The average Bonchev–Trinajstić information content (AvgIpc) is 3.09. The SMILES string of the molecule is COc1ccc(CN2CCC(N3CCCC3=O)CC2)c2ccccc12. The molecule has 2 aromatic rings. The van der Waals surface area contributed by atoms with Crippen LogP contribution in [0.3, 0.4) is 0 Å². The van der Waals surface area contributed by atoms with Gasteiger partial charge < -0.3 is 9.64 Å². The van der Waals surface area contributed by atoms with Gasteiger partial charge in [-0.25, -0.2) is 0 Å². The quantitative estimate of drug-likeness (QED) is 0.856. The Kier molecular flexibility index (Phi) is 4.62. The third kappa shape index (κ3) is 3.23. The van der Waals surface area contributed by atoms with Crippen molar-refractivity contribution in [2.75, 3.05) is 26.7 Å². The highest BCUT2D eigenvalue weighted by molar-refractivity contribution is 5.91. The number of benzene rings is 2. The summed E-state index contributed by atoms with van der Waals surface area (Å²) >= 11 is 0. The van der Waals surface area contributed by atoms with E-state index in [1.807, 2.05) is 0 Å². The molecule has 4 heteroatoms. The lowest BCUT2D eigenvalue weighted by molar-refractivity contribution is -0.130. The molecule has 2 aliphatic rings. The van der Waals surface area contributed by atoms with E-state index in [1.54, 1.807) is 7.11 Å². The molecule has 25 heavy (non-hydrogen) atoms. The number of fused-ring (bicyclic) bond motifs is 1. The van der Waals surface area contributed by atoms with Crippen LogP contribution in [0.1, 0.15) is 31.2 Å². The normalized spacial score (nSPS) is 19.7. The summed E-state index contributed by atoms with van der Waals surface area (Å²) in [5.74, 6) is 1.30. The van der Waals surface area contributed by atoms with Gasteiger partial charge in [-0.05, 0) is 36.3 Å². The van der Waals surface area contributed by atoms with Crippen LogP contribution >= 0.6 is 0 Å². The van der Waals surface area contributed by atoms with Crippen LogP contribution in [0, 0.1) is 0 Å². The van der Waals surface area contributed by atoms with Crippen LogP contribution in [0.15, 0.2) is 36.4 Å². The van der Waals surface area contributed by atoms with Crippen LogP contribution in [0.2, 0.25) is 0 Å². The van der Waals surface area contributed by atoms with Gasteiger partial charge in [0.15, 0.2) is 0 Å². The molecule has 0 saturated carbocycles. The highest BCUT2D eigenvalue weighted by atomic mass is 16.5. The monoisotopic (exact) mass is 338 g/mol. The predicted octanol–water partition coefficient (Wildman–Crippen LogP) is 3.44. The van der Waals surface area contributed by atoms with Crippen molar-refractivity contribution in [1.29, 1.82) is 0 Å². The fourth-order valence-electron chi connectivity index (χ4n) is 4.33. The Morgan fingerprint density at radius 1 is 1.04 bits per heavy atom. The van der Waals surface area contributed by atoms with Crippen molar-refractivity contribution in [3.05, 3.63) is 42.0 Å². The van der Waals surface area contributed by atoms with Crippen molar-refractivity contribution >= 4 is 16.7 Å². The molecule has 0 atom stereocenters. The molecule has 2 aromatic carbocycles. The van der Waals surface area contributed by atoms with Gasteiger partial charge in [0.05, 0.1) is 7.11 Å². The maximum absolute atomic E-state index is 12.0. The van der Waals surface area contributed by atoms with Crippen molar-refractivity contribution < 1.29 is 9.53 Å². The Bertz CT molecular complexity index is 766. The lowest BCUT2D eigenvalue weighted by atomic mass is 10.00. The second-order valence-electron chi connectivity index (χ2n) is 7.17. The number of methoxy groups -OCH3 is 1. The van der Waals surface area contributed by atoms with Gasteiger partial charge in [-0.1, -0.05) is 30.3 Å². The summed E-state index contributed by atoms with van der Waals surface area (Å²) in [6.07, 6.45) is 3.98. The highest BCUT2D eigenvalue weighted by Crippen LogP contribution is 2.30. The Labute approximate surface area is 149 Å². The second kappa shape index (κ2) is 7.04. The standard InChI is InChI=1S/C21H26N2O2/c1-25-20-9-8-16(18-5-2-3-6-19(18)20)15-22-13-10-17(11-14-22)23-12-4-7-21(23)24/h2-3,5-6,8-9,17H,4,7,10-15H2,1H3. The minimum atomic E-state index is 0.361. The van der Waals surface area contributed by atoms with Crippen molar-refractivity contribution in [3.63, 3.8) is 0 Å². The summed E-state index contributed by atoms with van der Waals surface area (Å²) < 4.78 is 5.50. The zero-order chi connectivity index (χ0) is 17.2. The molecule has 0 spiro atoms. The minimum Gasteiger partial charge on any atom is -0.496 e. The molecule has 2 saturated heterocycles. The fraction of sp³-hybridized carbons (Fsp3) is 0.476. The fourth-order valence-corrected chi connectivity index (χ4v) is 4.33. The zero-order valence-corrected chi connectivity index (χ0v) is 14.9. The van der Waals surface area contributed by atoms with E-state index < -0.39 is 0 Å². The molecular weight excluding hydrogens is 312 g/mol.